The summed E-state index contributed by atoms with van der Waals surface area (Å²) in [7, 11) is 0. The molecule has 2 unspecified atom stereocenters. The molecule has 1 N–H and O–H groups in total. The van der Waals surface area contributed by atoms with Gasteiger partial charge in [-0.3, -0.25) is 4.90 Å². The molecule has 0 bridgehead atoms. The van der Waals surface area contributed by atoms with Gasteiger partial charge in [0.15, 0.2) is 0 Å². The van der Waals surface area contributed by atoms with E-state index in [4.69, 9.17) is 5.11 Å². The van der Waals surface area contributed by atoms with Gasteiger partial charge in [0.2, 0.25) is 0 Å². The number of fused-ring (bicyclic) bond motifs is 1. The van der Waals surface area contributed by atoms with Crippen LogP contribution in [-0.4, -0.2) is 33.5 Å². The van der Waals surface area contributed by atoms with Gasteiger partial charge in [-0.1, -0.05) is 12.5 Å². The van der Waals surface area contributed by atoms with Crippen LogP contribution < -0.4 is 0 Å². The summed E-state index contributed by atoms with van der Waals surface area (Å²) < 4.78 is 0. The average molecular weight is 260 g/mol. The molecule has 0 amide bonds. The lowest BCUT2D eigenvalue weighted by Gasteiger charge is -2.37. The molecule has 2 aliphatic rings. The summed E-state index contributed by atoms with van der Waals surface area (Å²) in [6.07, 6.45) is 6.63. The molecule has 1 aliphatic heterocycles. The maximum atomic E-state index is 11.0. The number of aromatic nitrogens is 1. The molecule has 4 heteroatoms. The number of likely N-dealkylation sites (tertiary alicyclic amines) is 1. The fraction of sp³-hybridized carbons (Fsp3) is 0.600. The molecule has 1 aromatic rings. The lowest BCUT2D eigenvalue weighted by atomic mass is 9.92. The van der Waals surface area contributed by atoms with Crippen LogP contribution in [0.15, 0.2) is 18.2 Å². The highest BCUT2D eigenvalue weighted by Crippen LogP contribution is 2.37. The number of hydrogen-bond donors (Lipinski definition) is 1. The molecule has 2 atom stereocenters. The number of carbonyl (C=O) groups is 1. The van der Waals surface area contributed by atoms with Crippen molar-refractivity contribution in [3.05, 3.63) is 29.6 Å². The highest BCUT2D eigenvalue weighted by Gasteiger charge is 2.34. The molecule has 3 rings (SSSR count). The smallest absolute Gasteiger partial charge is 0.354 e. The Morgan fingerprint density at radius 3 is 3.00 bits per heavy atom. The topological polar surface area (TPSA) is 53.4 Å². The predicted octanol–water partition coefficient (Wildman–Crippen LogP) is 2.54. The van der Waals surface area contributed by atoms with E-state index in [-0.39, 0.29) is 5.69 Å². The zero-order valence-electron chi connectivity index (χ0n) is 11.1. The first-order chi connectivity index (χ1) is 9.24. The summed E-state index contributed by atoms with van der Waals surface area (Å²) in [5.74, 6) is -0.0874. The molecule has 1 saturated carbocycles. The van der Waals surface area contributed by atoms with Crippen LogP contribution in [0.2, 0.25) is 0 Å². The van der Waals surface area contributed by atoms with Crippen LogP contribution in [0.3, 0.4) is 0 Å². The second kappa shape index (κ2) is 5.29. The van der Waals surface area contributed by atoms with Crippen molar-refractivity contribution in [2.75, 3.05) is 6.54 Å². The third-order valence-corrected chi connectivity index (χ3v) is 4.50. The van der Waals surface area contributed by atoms with E-state index in [2.05, 4.69) is 9.88 Å². The first-order valence-corrected chi connectivity index (χ1v) is 7.17. The Balaban J connectivity index is 1.73. The average Bonchev–Trinajstić information content (AvgIpc) is 2.88. The van der Waals surface area contributed by atoms with Crippen molar-refractivity contribution in [3.63, 3.8) is 0 Å². The monoisotopic (exact) mass is 260 g/mol. The number of pyridine rings is 1. The van der Waals surface area contributed by atoms with Gasteiger partial charge in [-0.25, -0.2) is 9.78 Å². The molecule has 1 aromatic heterocycles. The van der Waals surface area contributed by atoms with Gasteiger partial charge in [0.05, 0.1) is 5.69 Å². The standard InChI is InChI=1S/C15H20N2O2/c18-15(19)13-7-2-6-12(16-13)10-17-9-3-5-11-4-1-8-14(11)17/h2,6-7,11,14H,1,3-5,8-10H2,(H,18,19). The second-order valence-electron chi connectivity index (χ2n) is 5.69. The molecule has 0 radical (unpaired) electrons. The maximum Gasteiger partial charge on any atom is 0.354 e. The molecule has 0 spiro atoms. The normalized spacial score (nSPS) is 27.2. The highest BCUT2D eigenvalue weighted by molar-refractivity contribution is 5.85. The van der Waals surface area contributed by atoms with Crippen LogP contribution in [0.1, 0.15) is 48.3 Å². The van der Waals surface area contributed by atoms with E-state index in [1.807, 2.05) is 6.07 Å². The van der Waals surface area contributed by atoms with Crippen molar-refractivity contribution in [2.45, 2.75) is 44.7 Å². The molecule has 4 nitrogen and oxygen atoms in total. The van der Waals surface area contributed by atoms with Gasteiger partial charge >= 0.3 is 5.97 Å². The van der Waals surface area contributed by atoms with Gasteiger partial charge < -0.3 is 5.11 Å². The largest absolute Gasteiger partial charge is 0.477 e. The van der Waals surface area contributed by atoms with Gasteiger partial charge in [-0.05, 0) is 50.3 Å². The summed E-state index contributed by atoms with van der Waals surface area (Å²) in [6, 6.07) is 5.98. The lowest BCUT2D eigenvalue weighted by molar-refractivity contribution is 0.0688. The van der Waals surface area contributed by atoms with Crippen LogP contribution in [0.5, 0.6) is 0 Å². The Labute approximate surface area is 113 Å². The maximum absolute atomic E-state index is 11.0. The minimum atomic E-state index is -0.945. The molecule has 1 aliphatic carbocycles. The third-order valence-electron chi connectivity index (χ3n) is 4.50. The number of aromatic carboxylic acids is 1. The van der Waals surface area contributed by atoms with E-state index >= 15 is 0 Å². The summed E-state index contributed by atoms with van der Waals surface area (Å²) in [6.45, 7) is 1.92. The summed E-state index contributed by atoms with van der Waals surface area (Å²) >= 11 is 0. The van der Waals surface area contributed by atoms with Crippen molar-refractivity contribution in [1.29, 1.82) is 0 Å². The van der Waals surface area contributed by atoms with E-state index in [0.717, 1.165) is 24.7 Å². The first kappa shape index (κ1) is 12.6. The Hall–Kier alpha value is -1.42. The SMILES string of the molecule is O=C(O)c1cccc(CN2CCCC3CCCC32)n1. The van der Waals surface area contributed by atoms with Gasteiger partial charge in [0, 0.05) is 12.6 Å². The van der Waals surface area contributed by atoms with Crippen molar-refractivity contribution >= 4 is 5.97 Å². The lowest BCUT2D eigenvalue weighted by Crippen LogP contribution is -2.42. The van der Waals surface area contributed by atoms with E-state index in [0.29, 0.717) is 6.04 Å². The zero-order chi connectivity index (χ0) is 13.2. The Morgan fingerprint density at radius 1 is 1.32 bits per heavy atom. The van der Waals surface area contributed by atoms with Crippen LogP contribution in [0.25, 0.3) is 0 Å². The molecule has 1 saturated heterocycles. The second-order valence-corrected chi connectivity index (χ2v) is 5.69. The van der Waals surface area contributed by atoms with E-state index in [1.54, 1.807) is 12.1 Å². The summed E-state index contributed by atoms with van der Waals surface area (Å²) in [5.41, 5.74) is 1.03. The molecule has 102 valence electrons. The highest BCUT2D eigenvalue weighted by atomic mass is 16.4. The number of rotatable bonds is 3. The minimum absolute atomic E-state index is 0.150. The number of piperidine rings is 1. The number of carboxylic acids is 1. The van der Waals surface area contributed by atoms with Crippen molar-refractivity contribution < 1.29 is 9.90 Å². The molecule has 2 heterocycles. The fourth-order valence-corrected chi connectivity index (χ4v) is 3.65. The molecular formula is C15H20N2O2. The van der Waals surface area contributed by atoms with Gasteiger partial charge in [0.1, 0.15) is 5.69 Å². The number of hydrogen-bond acceptors (Lipinski definition) is 3. The third kappa shape index (κ3) is 2.63. The Morgan fingerprint density at radius 2 is 2.16 bits per heavy atom. The Bertz CT molecular complexity index is 475. The van der Waals surface area contributed by atoms with E-state index in [9.17, 15) is 4.79 Å². The van der Waals surface area contributed by atoms with Gasteiger partial charge in [0.25, 0.3) is 0 Å². The quantitative estimate of drug-likeness (QED) is 0.907. The van der Waals surface area contributed by atoms with E-state index < -0.39 is 5.97 Å². The molecule has 0 aromatic carbocycles. The minimum Gasteiger partial charge on any atom is -0.477 e. The van der Waals surface area contributed by atoms with Gasteiger partial charge in [-0.2, -0.15) is 0 Å². The van der Waals surface area contributed by atoms with Crippen LogP contribution in [-0.2, 0) is 6.54 Å². The fourth-order valence-electron chi connectivity index (χ4n) is 3.65. The zero-order valence-corrected chi connectivity index (χ0v) is 11.1. The predicted molar refractivity (Wildman–Crippen MR) is 72.0 cm³/mol. The first-order valence-electron chi connectivity index (χ1n) is 7.17. The van der Waals surface area contributed by atoms with Crippen molar-refractivity contribution in [3.8, 4) is 0 Å². The summed E-state index contributed by atoms with van der Waals surface area (Å²) in [5, 5.41) is 8.99. The summed E-state index contributed by atoms with van der Waals surface area (Å²) in [4.78, 5) is 17.7. The number of nitrogens with zero attached hydrogens (tertiary/aromatic N) is 2. The van der Waals surface area contributed by atoms with Crippen LogP contribution in [0.4, 0.5) is 0 Å². The van der Waals surface area contributed by atoms with Gasteiger partial charge in [-0.15, -0.1) is 0 Å². The molecule has 19 heavy (non-hydrogen) atoms. The van der Waals surface area contributed by atoms with Crippen molar-refractivity contribution in [1.82, 2.24) is 9.88 Å². The molecule has 2 fully saturated rings. The van der Waals surface area contributed by atoms with E-state index in [1.165, 1.54) is 32.1 Å². The Kier molecular flexibility index (Phi) is 3.51. The van der Waals surface area contributed by atoms with Crippen LogP contribution >= 0.6 is 0 Å². The van der Waals surface area contributed by atoms with Crippen molar-refractivity contribution in [2.24, 2.45) is 5.92 Å². The molecular weight excluding hydrogens is 240 g/mol. The van der Waals surface area contributed by atoms with Crippen LogP contribution in [0, 0.1) is 5.92 Å². The number of carboxylic acid groups (broad SMARTS) is 1.